The zero-order valence-electron chi connectivity index (χ0n) is 13.1. The first-order chi connectivity index (χ1) is 10.7. The summed E-state index contributed by atoms with van der Waals surface area (Å²) in [4.78, 5) is 24.2. The molecule has 0 saturated carbocycles. The third-order valence-corrected chi connectivity index (χ3v) is 4.43. The molecule has 1 aliphatic rings. The molecular formula is C17H22N4O. The molecule has 1 saturated heterocycles. The van der Waals surface area contributed by atoms with E-state index in [4.69, 9.17) is 0 Å². The number of hydrogen-bond acceptors (Lipinski definition) is 3. The van der Waals surface area contributed by atoms with E-state index in [1.807, 2.05) is 29.3 Å². The Bertz CT molecular complexity index is 609. The minimum absolute atomic E-state index is 0.0863. The second-order valence-electron chi connectivity index (χ2n) is 6.03. The Balaban J connectivity index is 1.84. The quantitative estimate of drug-likeness (QED) is 0.936. The summed E-state index contributed by atoms with van der Waals surface area (Å²) in [5, 5.41) is 0. The van der Waals surface area contributed by atoms with Gasteiger partial charge >= 0.3 is 0 Å². The van der Waals surface area contributed by atoms with Crippen LogP contribution in [-0.4, -0.2) is 58.4 Å². The number of likely N-dealkylation sites (tertiary alicyclic amines) is 1. The first-order valence-corrected chi connectivity index (χ1v) is 7.66. The lowest BCUT2D eigenvalue weighted by Crippen LogP contribution is -2.45. The Morgan fingerprint density at radius 1 is 1.41 bits per heavy atom. The summed E-state index contributed by atoms with van der Waals surface area (Å²) in [6, 6.07) is 8.28. The van der Waals surface area contributed by atoms with Crippen molar-refractivity contribution in [1.29, 1.82) is 0 Å². The molecule has 0 spiro atoms. The van der Waals surface area contributed by atoms with E-state index in [-0.39, 0.29) is 11.9 Å². The molecule has 0 unspecified atom stereocenters. The van der Waals surface area contributed by atoms with E-state index in [2.05, 4.69) is 35.0 Å². The number of hydrogen-bond donors (Lipinski definition) is 1. The highest BCUT2D eigenvalue weighted by molar-refractivity contribution is 5.92. The number of H-pyrrole nitrogens is 1. The molecule has 1 N–H and O–H groups in total. The normalized spacial score (nSPS) is 21.5. The summed E-state index contributed by atoms with van der Waals surface area (Å²) >= 11 is 0. The van der Waals surface area contributed by atoms with Crippen LogP contribution >= 0.6 is 0 Å². The van der Waals surface area contributed by atoms with Gasteiger partial charge in [-0.25, -0.2) is 0 Å². The summed E-state index contributed by atoms with van der Waals surface area (Å²) in [6.45, 7) is 0.797. The predicted octanol–water partition coefficient (Wildman–Crippen LogP) is 1.80. The number of aromatic nitrogens is 2. The largest absolute Gasteiger partial charge is 0.357 e. The zero-order valence-corrected chi connectivity index (χ0v) is 13.1. The number of likely N-dealkylation sites (N-methyl/N-ethyl adjacent to an activating group) is 1. The van der Waals surface area contributed by atoms with Crippen LogP contribution in [0.5, 0.6) is 0 Å². The van der Waals surface area contributed by atoms with Crippen LogP contribution in [0.25, 0.3) is 0 Å². The smallest absolute Gasteiger partial charge is 0.270 e. The van der Waals surface area contributed by atoms with Gasteiger partial charge in [0.2, 0.25) is 0 Å². The molecule has 2 atom stereocenters. The van der Waals surface area contributed by atoms with Gasteiger partial charge in [-0.15, -0.1) is 0 Å². The van der Waals surface area contributed by atoms with E-state index >= 15 is 0 Å². The topological polar surface area (TPSA) is 52.2 Å². The van der Waals surface area contributed by atoms with Crippen molar-refractivity contribution in [2.24, 2.45) is 0 Å². The van der Waals surface area contributed by atoms with Gasteiger partial charge in [-0.1, -0.05) is 6.07 Å². The summed E-state index contributed by atoms with van der Waals surface area (Å²) in [7, 11) is 4.17. The number of rotatable bonds is 4. The molecule has 1 aliphatic heterocycles. The molecule has 3 rings (SSSR count). The van der Waals surface area contributed by atoms with E-state index in [0.717, 1.165) is 19.4 Å². The number of amides is 1. The van der Waals surface area contributed by atoms with Crippen molar-refractivity contribution in [3.8, 4) is 0 Å². The lowest BCUT2D eigenvalue weighted by Gasteiger charge is -2.31. The van der Waals surface area contributed by atoms with Gasteiger partial charge in [0.05, 0.1) is 6.04 Å². The Kier molecular flexibility index (Phi) is 4.24. The zero-order chi connectivity index (χ0) is 15.5. The van der Waals surface area contributed by atoms with Crippen molar-refractivity contribution in [3.63, 3.8) is 0 Å². The van der Waals surface area contributed by atoms with E-state index in [0.29, 0.717) is 11.7 Å². The van der Waals surface area contributed by atoms with Crippen LogP contribution in [-0.2, 0) is 6.42 Å². The van der Waals surface area contributed by atoms with Gasteiger partial charge < -0.3 is 14.8 Å². The summed E-state index contributed by atoms with van der Waals surface area (Å²) < 4.78 is 0. The molecule has 5 nitrogen and oxygen atoms in total. The van der Waals surface area contributed by atoms with Gasteiger partial charge in [0.15, 0.2) is 0 Å². The van der Waals surface area contributed by atoms with E-state index in [1.165, 1.54) is 5.56 Å². The van der Waals surface area contributed by atoms with Crippen LogP contribution in [0.1, 0.15) is 22.5 Å². The number of carbonyl (C=O) groups excluding carboxylic acids is 1. The number of aromatic amines is 1. The number of nitrogens with one attached hydrogen (secondary N) is 1. The Hall–Kier alpha value is -2.14. The van der Waals surface area contributed by atoms with Crippen molar-refractivity contribution in [3.05, 3.63) is 54.1 Å². The fourth-order valence-corrected chi connectivity index (χ4v) is 3.32. The average molecular weight is 298 g/mol. The second-order valence-corrected chi connectivity index (χ2v) is 6.03. The SMILES string of the molecule is CN(C)[C@@H]1CCN(C(=O)c2ccc[nH]2)[C@H]1Cc1cccnc1. The molecule has 0 aliphatic carbocycles. The van der Waals surface area contributed by atoms with Gasteiger partial charge in [-0.3, -0.25) is 9.78 Å². The van der Waals surface area contributed by atoms with Crippen molar-refractivity contribution in [2.75, 3.05) is 20.6 Å². The van der Waals surface area contributed by atoms with E-state index < -0.39 is 0 Å². The maximum atomic E-state index is 12.7. The summed E-state index contributed by atoms with van der Waals surface area (Å²) in [5.74, 6) is 0.0863. The van der Waals surface area contributed by atoms with Crippen LogP contribution in [0.2, 0.25) is 0 Å². The molecule has 0 bridgehead atoms. The van der Waals surface area contributed by atoms with Crippen molar-refractivity contribution >= 4 is 5.91 Å². The molecule has 5 heteroatoms. The lowest BCUT2D eigenvalue weighted by molar-refractivity contribution is 0.0699. The van der Waals surface area contributed by atoms with Gasteiger partial charge in [0.1, 0.15) is 5.69 Å². The third kappa shape index (κ3) is 2.90. The van der Waals surface area contributed by atoms with Gasteiger partial charge in [0, 0.05) is 31.2 Å². The minimum atomic E-state index is 0.0863. The third-order valence-electron chi connectivity index (χ3n) is 4.43. The highest BCUT2D eigenvalue weighted by atomic mass is 16.2. The number of pyridine rings is 1. The molecule has 2 aromatic heterocycles. The molecule has 116 valence electrons. The summed E-state index contributed by atoms with van der Waals surface area (Å²) in [5.41, 5.74) is 1.83. The molecule has 2 aromatic rings. The fourth-order valence-electron chi connectivity index (χ4n) is 3.32. The maximum absolute atomic E-state index is 12.7. The average Bonchev–Trinajstić information content (AvgIpc) is 3.17. The fraction of sp³-hybridized carbons (Fsp3) is 0.412. The van der Waals surface area contributed by atoms with Crippen LogP contribution in [0.15, 0.2) is 42.9 Å². The summed E-state index contributed by atoms with van der Waals surface area (Å²) in [6.07, 6.45) is 7.31. The van der Waals surface area contributed by atoms with Gasteiger partial charge in [-0.05, 0) is 50.7 Å². The van der Waals surface area contributed by atoms with E-state index in [9.17, 15) is 4.79 Å². The van der Waals surface area contributed by atoms with E-state index in [1.54, 1.807) is 12.4 Å². The molecule has 3 heterocycles. The standard InChI is InChI=1S/C17H22N4O/c1-20(2)15-7-10-21(17(22)14-6-4-9-19-14)16(15)11-13-5-3-8-18-12-13/h3-6,8-9,12,15-16,19H,7,10-11H2,1-2H3/t15-,16+/m1/s1. The predicted molar refractivity (Wildman–Crippen MR) is 85.7 cm³/mol. The van der Waals surface area contributed by atoms with Gasteiger partial charge in [-0.2, -0.15) is 0 Å². The molecule has 22 heavy (non-hydrogen) atoms. The first kappa shape index (κ1) is 14.8. The highest BCUT2D eigenvalue weighted by Gasteiger charge is 2.38. The molecular weight excluding hydrogens is 276 g/mol. The van der Waals surface area contributed by atoms with Crippen LogP contribution in [0.3, 0.4) is 0 Å². The molecule has 1 amide bonds. The Morgan fingerprint density at radius 3 is 2.91 bits per heavy atom. The van der Waals surface area contributed by atoms with Crippen molar-refractivity contribution < 1.29 is 4.79 Å². The van der Waals surface area contributed by atoms with Crippen LogP contribution in [0.4, 0.5) is 0 Å². The Labute approximate surface area is 131 Å². The first-order valence-electron chi connectivity index (χ1n) is 7.66. The van der Waals surface area contributed by atoms with Gasteiger partial charge in [0.25, 0.3) is 5.91 Å². The molecule has 0 radical (unpaired) electrons. The number of carbonyl (C=O) groups is 1. The van der Waals surface area contributed by atoms with Crippen molar-refractivity contribution in [2.45, 2.75) is 24.9 Å². The van der Waals surface area contributed by atoms with Crippen LogP contribution < -0.4 is 0 Å². The lowest BCUT2D eigenvalue weighted by atomic mass is 10.0. The Morgan fingerprint density at radius 2 is 2.27 bits per heavy atom. The number of nitrogens with zero attached hydrogens (tertiary/aromatic N) is 3. The monoisotopic (exact) mass is 298 g/mol. The molecule has 0 aromatic carbocycles. The molecule has 1 fully saturated rings. The van der Waals surface area contributed by atoms with Crippen LogP contribution in [0, 0.1) is 0 Å². The maximum Gasteiger partial charge on any atom is 0.270 e. The minimum Gasteiger partial charge on any atom is -0.357 e. The highest BCUT2D eigenvalue weighted by Crippen LogP contribution is 2.26. The second kappa shape index (κ2) is 6.32. The van der Waals surface area contributed by atoms with Crippen molar-refractivity contribution in [1.82, 2.24) is 19.8 Å².